The second kappa shape index (κ2) is 10.3. The lowest BCUT2D eigenvalue weighted by Crippen LogP contribution is -2.42. The summed E-state index contributed by atoms with van der Waals surface area (Å²) >= 11 is 0. The molecule has 24 heavy (non-hydrogen) atoms. The fourth-order valence-electron chi connectivity index (χ4n) is 2.39. The molecule has 1 aromatic rings. The average Bonchev–Trinajstić information content (AvgIpc) is 3.03. The van der Waals surface area contributed by atoms with Crippen molar-refractivity contribution in [1.82, 2.24) is 14.7 Å². The number of aromatic nitrogens is 2. The number of hydrogen-bond donors (Lipinski definition) is 0. The number of anilines is 1. The molecule has 0 N–H and O–H groups in total. The Kier molecular flexibility index (Phi) is 8.35. The summed E-state index contributed by atoms with van der Waals surface area (Å²) in [5, 5.41) is 21.8. The molecule has 0 aliphatic carbocycles. The number of hydrogen-bond acceptors (Lipinski definition) is 5. The zero-order valence-electron chi connectivity index (χ0n) is 14.8. The molecule has 0 fully saturated rings. The summed E-state index contributed by atoms with van der Waals surface area (Å²) in [6.07, 6.45) is 4.25. The van der Waals surface area contributed by atoms with Gasteiger partial charge in [0.2, 0.25) is 5.91 Å². The standard InChI is InChI=1S/C17H26N6O/c1-4-23-13-16(11-20-23)22(12-15(2)3)14-17(24)21(9-5-7-18)10-6-8-19/h11,13,15H,4-6,9-10,12,14H2,1-3H3. The second-order valence-electron chi connectivity index (χ2n) is 6.03. The van der Waals surface area contributed by atoms with E-state index in [0.717, 1.165) is 18.8 Å². The summed E-state index contributed by atoms with van der Waals surface area (Å²) in [7, 11) is 0. The Labute approximate surface area is 144 Å². The molecule has 0 aromatic carbocycles. The van der Waals surface area contributed by atoms with Gasteiger partial charge in [-0.1, -0.05) is 13.8 Å². The molecule has 0 saturated carbocycles. The third-order valence-corrected chi connectivity index (χ3v) is 3.56. The van der Waals surface area contributed by atoms with Crippen LogP contribution in [0.1, 0.15) is 33.6 Å². The van der Waals surface area contributed by atoms with Crippen LogP contribution in [0.2, 0.25) is 0 Å². The highest BCUT2D eigenvalue weighted by molar-refractivity contribution is 5.81. The van der Waals surface area contributed by atoms with Crippen molar-refractivity contribution in [2.24, 2.45) is 5.92 Å². The van der Waals surface area contributed by atoms with E-state index in [1.165, 1.54) is 0 Å². The lowest BCUT2D eigenvalue weighted by Gasteiger charge is -2.28. The molecule has 0 aliphatic heterocycles. The van der Waals surface area contributed by atoms with E-state index in [-0.39, 0.29) is 25.3 Å². The molecule has 0 spiro atoms. The van der Waals surface area contributed by atoms with Crippen molar-refractivity contribution in [2.45, 2.75) is 40.2 Å². The van der Waals surface area contributed by atoms with Crippen LogP contribution in [0.4, 0.5) is 5.69 Å². The highest BCUT2D eigenvalue weighted by atomic mass is 16.2. The van der Waals surface area contributed by atoms with Gasteiger partial charge in [-0.05, 0) is 12.8 Å². The van der Waals surface area contributed by atoms with E-state index < -0.39 is 0 Å². The van der Waals surface area contributed by atoms with Gasteiger partial charge in [0.1, 0.15) is 0 Å². The minimum atomic E-state index is -0.0644. The topological polar surface area (TPSA) is 89.0 Å². The minimum Gasteiger partial charge on any atom is -0.359 e. The van der Waals surface area contributed by atoms with E-state index in [2.05, 4.69) is 31.1 Å². The summed E-state index contributed by atoms with van der Waals surface area (Å²) in [4.78, 5) is 16.2. The summed E-state index contributed by atoms with van der Waals surface area (Å²) in [5.74, 6) is 0.333. The van der Waals surface area contributed by atoms with E-state index in [4.69, 9.17) is 10.5 Å². The Hall–Kier alpha value is -2.54. The third kappa shape index (κ3) is 6.29. The fourth-order valence-corrected chi connectivity index (χ4v) is 2.39. The minimum absolute atomic E-state index is 0.0644. The Morgan fingerprint density at radius 2 is 1.92 bits per heavy atom. The second-order valence-corrected chi connectivity index (χ2v) is 6.03. The highest BCUT2D eigenvalue weighted by Crippen LogP contribution is 2.15. The van der Waals surface area contributed by atoms with Crippen molar-refractivity contribution < 1.29 is 4.79 Å². The van der Waals surface area contributed by atoms with Crippen LogP contribution in [0.3, 0.4) is 0 Å². The number of nitriles is 2. The van der Waals surface area contributed by atoms with Gasteiger partial charge in [0.25, 0.3) is 0 Å². The molecule has 0 atom stereocenters. The van der Waals surface area contributed by atoms with E-state index in [0.29, 0.717) is 19.0 Å². The number of carbonyl (C=O) groups excluding carboxylic acids is 1. The molecule has 0 radical (unpaired) electrons. The fraction of sp³-hybridized carbons (Fsp3) is 0.647. The number of nitrogens with zero attached hydrogens (tertiary/aromatic N) is 6. The molecule has 0 unspecified atom stereocenters. The van der Waals surface area contributed by atoms with Crippen molar-refractivity contribution in [3.8, 4) is 12.1 Å². The van der Waals surface area contributed by atoms with Crippen LogP contribution >= 0.6 is 0 Å². The van der Waals surface area contributed by atoms with Crippen molar-refractivity contribution in [2.75, 3.05) is 31.1 Å². The average molecular weight is 330 g/mol. The largest absolute Gasteiger partial charge is 0.359 e. The first kappa shape index (κ1) is 19.5. The van der Waals surface area contributed by atoms with Gasteiger partial charge in [-0.2, -0.15) is 15.6 Å². The predicted octanol–water partition coefficient (Wildman–Crippen LogP) is 2.02. The monoisotopic (exact) mass is 330 g/mol. The van der Waals surface area contributed by atoms with E-state index in [1.54, 1.807) is 11.1 Å². The third-order valence-electron chi connectivity index (χ3n) is 3.56. The molecule has 0 aliphatic rings. The molecule has 7 nitrogen and oxygen atoms in total. The molecule has 130 valence electrons. The van der Waals surface area contributed by atoms with Crippen molar-refractivity contribution in [3.63, 3.8) is 0 Å². The van der Waals surface area contributed by atoms with Crippen LogP contribution in [-0.2, 0) is 11.3 Å². The van der Waals surface area contributed by atoms with Gasteiger partial charge < -0.3 is 9.80 Å². The predicted molar refractivity (Wildman–Crippen MR) is 92.0 cm³/mol. The Morgan fingerprint density at radius 3 is 2.38 bits per heavy atom. The molecule has 1 amide bonds. The maximum atomic E-state index is 12.6. The maximum absolute atomic E-state index is 12.6. The SMILES string of the molecule is CCn1cc(N(CC(=O)N(CCC#N)CCC#N)CC(C)C)cn1. The first-order valence-electron chi connectivity index (χ1n) is 8.30. The number of amides is 1. The van der Waals surface area contributed by atoms with Crippen LogP contribution in [0.5, 0.6) is 0 Å². The van der Waals surface area contributed by atoms with E-state index >= 15 is 0 Å². The van der Waals surface area contributed by atoms with Crippen LogP contribution < -0.4 is 4.90 Å². The molecule has 1 rings (SSSR count). The first-order chi connectivity index (χ1) is 11.5. The lowest BCUT2D eigenvalue weighted by atomic mass is 10.2. The van der Waals surface area contributed by atoms with Crippen LogP contribution in [0, 0.1) is 28.6 Å². The van der Waals surface area contributed by atoms with E-state index in [9.17, 15) is 4.79 Å². The Morgan fingerprint density at radius 1 is 1.29 bits per heavy atom. The normalized spacial score (nSPS) is 10.2. The van der Waals surface area contributed by atoms with Crippen molar-refractivity contribution >= 4 is 11.6 Å². The van der Waals surface area contributed by atoms with Crippen LogP contribution in [0.15, 0.2) is 12.4 Å². The van der Waals surface area contributed by atoms with Gasteiger partial charge in [-0.15, -0.1) is 0 Å². The number of aryl methyl sites for hydroxylation is 1. The molecule has 0 bridgehead atoms. The highest BCUT2D eigenvalue weighted by Gasteiger charge is 2.19. The summed E-state index contributed by atoms with van der Waals surface area (Å²) in [5.41, 5.74) is 0.916. The first-order valence-corrected chi connectivity index (χ1v) is 8.30. The Balaban J connectivity index is 2.84. The van der Waals surface area contributed by atoms with Gasteiger partial charge in [0.05, 0.1) is 43.4 Å². The van der Waals surface area contributed by atoms with Gasteiger partial charge in [-0.3, -0.25) is 9.48 Å². The summed E-state index contributed by atoms with van der Waals surface area (Å²) < 4.78 is 1.83. The summed E-state index contributed by atoms with van der Waals surface area (Å²) in [6.45, 7) is 8.69. The molecule has 7 heteroatoms. The van der Waals surface area contributed by atoms with Gasteiger partial charge in [0.15, 0.2) is 0 Å². The molecule has 1 heterocycles. The molecule has 0 saturated heterocycles. The number of carbonyl (C=O) groups is 1. The zero-order valence-corrected chi connectivity index (χ0v) is 14.8. The summed E-state index contributed by atoms with van der Waals surface area (Å²) in [6, 6.07) is 4.11. The molecular formula is C17H26N6O. The quantitative estimate of drug-likeness (QED) is 0.655. The maximum Gasteiger partial charge on any atom is 0.242 e. The van der Waals surface area contributed by atoms with Crippen molar-refractivity contribution in [3.05, 3.63) is 12.4 Å². The number of rotatable bonds is 10. The van der Waals surface area contributed by atoms with Crippen molar-refractivity contribution in [1.29, 1.82) is 10.5 Å². The van der Waals surface area contributed by atoms with Gasteiger partial charge in [0, 0.05) is 32.4 Å². The van der Waals surface area contributed by atoms with Crippen LogP contribution in [-0.4, -0.2) is 46.8 Å². The van der Waals surface area contributed by atoms with Crippen LogP contribution in [0.25, 0.3) is 0 Å². The zero-order chi connectivity index (χ0) is 17.9. The van der Waals surface area contributed by atoms with E-state index in [1.807, 2.05) is 22.7 Å². The lowest BCUT2D eigenvalue weighted by molar-refractivity contribution is -0.129. The molecular weight excluding hydrogens is 304 g/mol. The molecule has 1 aromatic heterocycles. The smallest absolute Gasteiger partial charge is 0.242 e. The van der Waals surface area contributed by atoms with Gasteiger partial charge in [-0.25, -0.2) is 0 Å². The van der Waals surface area contributed by atoms with Gasteiger partial charge >= 0.3 is 0 Å². The Bertz CT molecular complexity index is 577.